The predicted molar refractivity (Wildman–Crippen MR) is 92.5 cm³/mol. The Morgan fingerprint density at radius 3 is 2.60 bits per heavy atom. The summed E-state index contributed by atoms with van der Waals surface area (Å²) in [6.07, 6.45) is 0.773. The summed E-state index contributed by atoms with van der Waals surface area (Å²) >= 11 is 5.39. The van der Waals surface area contributed by atoms with E-state index in [1.165, 1.54) is 6.20 Å². The fraction of sp³-hybridized carbons (Fsp3) is 0.312. The van der Waals surface area contributed by atoms with Gasteiger partial charge in [-0.05, 0) is 18.2 Å². The van der Waals surface area contributed by atoms with Gasteiger partial charge in [0.25, 0.3) is 0 Å². The number of ether oxygens (including phenoxy) is 1. The molecule has 1 saturated heterocycles. The third kappa shape index (κ3) is 3.39. The van der Waals surface area contributed by atoms with Crippen LogP contribution in [0.3, 0.4) is 0 Å². The Morgan fingerprint density at radius 1 is 1.24 bits per heavy atom. The zero-order chi connectivity index (χ0) is 18.0. The zero-order valence-corrected chi connectivity index (χ0v) is 14.0. The van der Waals surface area contributed by atoms with E-state index in [1.807, 2.05) is 0 Å². The first-order valence-corrected chi connectivity index (χ1v) is 8.16. The molecule has 0 unspecified atom stereocenters. The maximum absolute atomic E-state index is 12.2. The molecule has 2 heterocycles. The summed E-state index contributed by atoms with van der Waals surface area (Å²) in [6, 6.07) is 5.02. The average molecular weight is 366 g/mol. The van der Waals surface area contributed by atoms with Crippen molar-refractivity contribution in [1.29, 1.82) is 0 Å². The number of alkyl halides is 1. The van der Waals surface area contributed by atoms with E-state index in [4.69, 9.17) is 21.4 Å². The number of carboxylic acid groups (broad SMARTS) is 1. The molecular formula is C16H16ClN3O5. The lowest BCUT2D eigenvalue weighted by molar-refractivity contribution is 0.0695. The molecule has 2 N–H and O–H groups in total. The summed E-state index contributed by atoms with van der Waals surface area (Å²) in [5.74, 6) is -1.26. The first kappa shape index (κ1) is 17.1. The van der Waals surface area contributed by atoms with Gasteiger partial charge in [0.05, 0.1) is 5.52 Å². The molecule has 132 valence electrons. The van der Waals surface area contributed by atoms with E-state index in [1.54, 1.807) is 23.1 Å². The molecule has 0 radical (unpaired) electrons. The first-order chi connectivity index (χ1) is 12.0. The maximum atomic E-state index is 12.2. The van der Waals surface area contributed by atoms with Crippen LogP contribution in [0.5, 0.6) is 0 Å². The van der Waals surface area contributed by atoms with Crippen LogP contribution in [0.15, 0.2) is 29.2 Å². The normalized spacial score (nSPS) is 14.6. The number of hydrogen-bond donors (Lipinski definition) is 2. The minimum Gasteiger partial charge on any atom is -0.477 e. The fourth-order valence-electron chi connectivity index (χ4n) is 2.85. The van der Waals surface area contributed by atoms with Gasteiger partial charge in [-0.3, -0.25) is 4.79 Å². The Labute approximate surface area is 147 Å². The molecule has 8 nitrogen and oxygen atoms in total. The smallest absolute Gasteiger partial charge is 0.411 e. The summed E-state index contributed by atoms with van der Waals surface area (Å²) in [4.78, 5) is 41.4. The molecule has 1 aliphatic rings. The monoisotopic (exact) mass is 365 g/mol. The highest BCUT2D eigenvalue weighted by Gasteiger charge is 2.22. The third-order valence-electron chi connectivity index (χ3n) is 4.18. The van der Waals surface area contributed by atoms with Crippen molar-refractivity contribution in [3.05, 3.63) is 40.2 Å². The van der Waals surface area contributed by atoms with Gasteiger partial charge in [-0.2, -0.15) is 0 Å². The number of pyridine rings is 1. The quantitative estimate of drug-likeness (QED) is 0.802. The molecule has 1 aromatic carbocycles. The molecule has 0 atom stereocenters. The highest BCUT2D eigenvalue weighted by Crippen LogP contribution is 2.21. The lowest BCUT2D eigenvalue weighted by atomic mass is 10.1. The highest BCUT2D eigenvalue weighted by molar-refractivity contribution is 6.17. The van der Waals surface area contributed by atoms with Crippen molar-refractivity contribution in [2.75, 3.05) is 37.1 Å². The highest BCUT2D eigenvalue weighted by atomic mass is 35.5. The van der Waals surface area contributed by atoms with E-state index >= 15 is 0 Å². The summed E-state index contributed by atoms with van der Waals surface area (Å²) < 4.78 is 4.77. The van der Waals surface area contributed by atoms with Gasteiger partial charge in [-0.25, -0.2) is 9.59 Å². The van der Waals surface area contributed by atoms with Gasteiger partial charge in [-0.15, -0.1) is 0 Å². The Balaban J connectivity index is 1.79. The van der Waals surface area contributed by atoms with Crippen LogP contribution in [-0.4, -0.2) is 59.3 Å². The number of piperazine rings is 1. The molecular weight excluding hydrogens is 350 g/mol. The van der Waals surface area contributed by atoms with E-state index in [2.05, 4.69) is 9.88 Å². The van der Waals surface area contributed by atoms with Crippen LogP contribution in [0.4, 0.5) is 10.5 Å². The largest absolute Gasteiger partial charge is 0.477 e. The number of halogens is 1. The van der Waals surface area contributed by atoms with Crippen molar-refractivity contribution in [2.45, 2.75) is 0 Å². The second-order valence-corrected chi connectivity index (χ2v) is 5.78. The van der Waals surface area contributed by atoms with Crippen LogP contribution in [0.1, 0.15) is 10.4 Å². The number of amides is 1. The lowest BCUT2D eigenvalue weighted by Crippen LogP contribution is -2.48. The van der Waals surface area contributed by atoms with Crippen LogP contribution < -0.4 is 10.3 Å². The number of hydrogen-bond acceptors (Lipinski definition) is 5. The second kappa shape index (κ2) is 7.02. The Morgan fingerprint density at radius 2 is 1.96 bits per heavy atom. The van der Waals surface area contributed by atoms with Crippen molar-refractivity contribution in [1.82, 2.24) is 9.88 Å². The van der Waals surface area contributed by atoms with E-state index in [0.717, 1.165) is 5.69 Å². The minimum atomic E-state index is -1.26. The zero-order valence-electron chi connectivity index (χ0n) is 13.2. The lowest BCUT2D eigenvalue weighted by Gasteiger charge is -2.35. The Bertz CT molecular complexity index is 874. The van der Waals surface area contributed by atoms with Crippen molar-refractivity contribution < 1.29 is 19.4 Å². The number of anilines is 1. The Hall–Kier alpha value is -2.74. The maximum Gasteiger partial charge on any atom is 0.411 e. The van der Waals surface area contributed by atoms with Crippen molar-refractivity contribution in [3.8, 4) is 0 Å². The van der Waals surface area contributed by atoms with Crippen LogP contribution in [0.2, 0.25) is 0 Å². The van der Waals surface area contributed by atoms with Crippen LogP contribution in [0.25, 0.3) is 10.9 Å². The van der Waals surface area contributed by atoms with Crippen molar-refractivity contribution >= 4 is 40.3 Å². The van der Waals surface area contributed by atoms with Gasteiger partial charge in [0.2, 0.25) is 5.43 Å². The number of rotatable bonds is 3. The second-order valence-electron chi connectivity index (χ2n) is 5.56. The number of carboxylic acids is 1. The molecule has 0 spiro atoms. The average Bonchev–Trinajstić information content (AvgIpc) is 2.61. The van der Waals surface area contributed by atoms with Gasteiger partial charge >= 0.3 is 12.1 Å². The standard InChI is InChI=1S/C16H16ClN3O5/c17-9-25-16(24)20-5-3-19(4-6-20)10-1-2-11-13(7-10)18-8-12(14(11)21)15(22)23/h1-2,7-8H,3-6,9H2,(H,18,21)(H,22,23). The molecule has 1 amide bonds. The van der Waals surface area contributed by atoms with E-state index in [9.17, 15) is 14.4 Å². The molecule has 0 aliphatic carbocycles. The molecule has 25 heavy (non-hydrogen) atoms. The minimum absolute atomic E-state index is 0.171. The van der Waals surface area contributed by atoms with Gasteiger partial charge in [0, 0.05) is 43.4 Å². The number of carbonyl (C=O) groups is 2. The number of fused-ring (bicyclic) bond motifs is 1. The molecule has 0 saturated carbocycles. The number of aromatic nitrogens is 1. The van der Waals surface area contributed by atoms with Crippen molar-refractivity contribution in [2.24, 2.45) is 0 Å². The molecule has 3 rings (SSSR count). The molecule has 2 aromatic rings. The van der Waals surface area contributed by atoms with Crippen LogP contribution in [-0.2, 0) is 4.74 Å². The fourth-order valence-corrected chi connectivity index (χ4v) is 2.94. The van der Waals surface area contributed by atoms with E-state index in [0.29, 0.717) is 37.1 Å². The first-order valence-electron chi connectivity index (χ1n) is 7.62. The number of aromatic amines is 1. The third-order valence-corrected chi connectivity index (χ3v) is 4.28. The number of nitrogens with one attached hydrogen (secondary N) is 1. The number of nitrogens with zero attached hydrogens (tertiary/aromatic N) is 2. The van der Waals surface area contributed by atoms with E-state index < -0.39 is 17.5 Å². The number of aromatic carboxylic acids is 1. The van der Waals surface area contributed by atoms with Crippen molar-refractivity contribution in [3.63, 3.8) is 0 Å². The van der Waals surface area contributed by atoms with Crippen LogP contribution in [0, 0.1) is 0 Å². The number of carbonyl (C=O) groups excluding carboxylic acids is 1. The van der Waals surface area contributed by atoms with Gasteiger partial charge in [0.1, 0.15) is 5.56 Å². The van der Waals surface area contributed by atoms with Gasteiger partial charge < -0.3 is 24.6 Å². The van der Waals surface area contributed by atoms with Gasteiger partial charge in [-0.1, -0.05) is 11.6 Å². The Kier molecular flexibility index (Phi) is 4.80. The molecule has 0 bridgehead atoms. The SMILES string of the molecule is O=C(O)c1c[nH]c2cc(N3CCN(C(=O)OCCl)CC3)ccc2c1=O. The van der Waals surface area contributed by atoms with Crippen LogP contribution >= 0.6 is 11.6 Å². The topological polar surface area (TPSA) is 103 Å². The summed E-state index contributed by atoms with van der Waals surface area (Å²) in [5.41, 5.74) is 0.654. The summed E-state index contributed by atoms with van der Waals surface area (Å²) in [5, 5.41) is 9.34. The van der Waals surface area contributed by atoms with E-state index in [-0.39, 0.29) is 11.6 Å². The van der Waals surface area contributed by atoms with Gasteiger partial charge in [0.15, 0.2) is 6.07 Å². The number of benzene rings is 1. The molecule has 1 aromatic heterocycles. The molecule has 9 heteroatoms. The number of H-pyrrole nitrogens is 1. The molecule has 1 fully saturated rings. The molecule has 1 aliphatic heterocycles. The predicted octanol–water partition coefficient (Wildman–Crippen LogP) is 1.68. The summed E-state index contributed by atoms with van der Waals surface area (Å²) in [6.45, 7) is 2.23. The summed E-state index contributed by atoms with van der Waals surface area (Å²) in [7, 11) is 0.